The van der Waals surface area contributed by atoms with E-state index < -0.39 is 30.5 Å². The number of aliphatic hydroxyl groups excluding tert-OH is 3. The predicted molar refractivity (Wildman–Crippen MR) is 139 cm³/mol. The summed E-state index contributed by atoms with van der Waals surface area (Å²) < 4.78 is 21.7. The number of methoxy groups -OCH3 is 1. The molecule has 6 N–H and O–H groups in total. The second-order valence-electron chi connectivity index (χ2n) is 9.17. The number of aromatic nitrogens is 2. The van der Waals surface area contributed by atoms with Gasteiger partial charge in [-0.1, -0.05) is 30.3 Å². The van der Waals surface area contributed by atoms with Crippen LogP contribution in [0.4, 0.5) is 0 Å². The molecule has 1 aliphatic rings. The highest BCUT2D eigenvalue weighted by atomic mass is 16.5. The molecule has 1 fully saturated rings. The quantitative estimate of drug-likeness (QED) is 0.197. The van der Waals surface area contributed by atoms with Crippen molar-refractivity contribution in [2.75, 3.05) is 40.1 Å². The van der Waals surface area contributed by atoms with Crippen LogP contribution >= 0.6 is 0 Å². The van der Waals surface area contributed by atoms with Crippen LogP contribution in [0, 0.1) is 0 Å². The molecule has 0 aliphatic carbocycles. The number of hydrogen-bond acceptors (Lipinski definition) is 11. The van der Waals surface area contributed by atoms with Crippen molar-refractivity contribution in [1.29, 1.82) is 0 Å². The molecule has 1 aromatic heterocycles. The van der Waals surface area contributed by atoms with Gasteiger partial charge in [0.25, 0.3) is 0 Å². The Morgan fingerprint density at radius 1 is 1.03 bits per heavy atom. The molecule has 210 valence electrons. The second kappa shape index (κ2) is 13.7. The summed E-state index contributed by atoms with van der Waals surface area (Å²) in [6, 6.07) is 13.9. The Kier molecular flexibility index (Phi) is 10.1. The van der Waals surface area contributed by atoms with E-state index in [1.807, 2.05) is 42.5 Å². The molecule has 12 nitrogen and oxygen atoms in total. The molecule has 1 amide bonds. The molecule has 12 heteroatoms. The van der Waals surface area contributed by atoms with E-state index in [0.717, 1.165) is 11.1 Å². The minimum atomic E-state index is -1.23. The third-order valence-corrected chi connectivity index (χ3v) is 6.44. The lowest BCUT2D eigenvalue weighted by atomic mass is 9.89. The Labute approximate surface area is 225 Å². The van der Waals surface area contributed by atoms with Crippen molar-refractivity contribution in [3.05, 3.63) is 60.0 Å². The first-order valence-electron chi connectivity index (χ1n) is 12.7. The number of ether oxygens (including phenoxy) is 3. The van der Waals surface area contributed by atoms with Gasteiger partial charge in [-0.3, -0.25) is 4.79 Å². The SMILES string of the molecule is COCCOCCNC(=O)Cc1nnc(-c2ccc(-c3cccc([C@H]4O[C@H](CO)[C@@H](N)[C@H](O)[C@@H]4O)c3)cc2)o1. The van der Waals surface area contributed by atoms with Crippen molar-refractivity contribution in [2.45, 2.75) is 36.9 Å². The Hall–Kier alpha value is -3.23. The fourth-order valence-electron chi connectivity index (χ4n) is 4.28. The molecule has 0 unspecified atom stereocenters. The number of carbonyl (C=O) groups is 1. The lowest BCUT2D eigenvalue weighted by Gasteiger charge is -2.41. The van der Waals surface area contributed by atoms with E-state index in [0.29, 0.717) is 43.4 Å². The highest BCUT2D eigenvalue weighted by molar-refractivity contribution is 5.77. The number of nitrogens with two attached hydrogens (primary N) is 1. The zero-order valence-corrected chi connectivity index (χ0v) is 21.6. The zero-order valence-electron chi connectivity index (χ0n) is 21.6. The van der Waals surface area contributed by atoms with E-state index in [1.54, 1.807) is 13.2 Å². The summed E-state index contributed by atoms with van der Waals surface area (Å²) in [5.41, 5.74) is 8.95. The number of rotatable bonds is 12. The van der Waals surface area contributed by atoms with Gasteiger partial charge in [0.1, 0.15) is 24.7 Å². The van der Waals surface area contributed by atoms with Crippen molar-refractivity contribution >= 4 is 5.91 Å². The molecule has 3 aromatic rings. The standard InChI is InChI=1S/C27H34N4O8/c1-36-11-12-37-10-9-29-21(33)14-22-30-31-27(39-22)17-7-5-16(6-8-17)18-3-2-4-19(13-18)26-25(35)24(34)23(28)20(15-32)38-26/h2-8,13,20,23-26,32,34-35H,9-12,14-15,28H2,1H3,(H,29,33)/t20-,23-,24+,25+,26-/m1/s1. The molecule has 2 heterocycles. The highest BCUT2D eigenvalue weighted by Gasteiger charge is 2.43. The molecule has 0 saturated carbocycles. The van der Waals surface area contributed by atoms with Crippen LogP contribution in [0.1, 0.15) is 17.6 Å². The van der Waals surface area contributed by atoms with Gasteiger partial charge in [0.15, 0.2) is 0 Å². The summed E-state index contributed by atoms with van der Waals surface area (Å²) in [7, 11) is 1.59. The van der Waals surface area contributed by atoms with Gasteiger partial charge in [-0.25, -0.2) is 0 Å². The first kappa shape index (κ1) is 28.8. The van der Waals surface area contributed by atoms with Gasteiger partial charge in [-0.15, -0.1) is 10.2 Å². The van der Waals surface area contributed by atoms with E-state index in [9.17, 15) is 20.1 Å². The van der Waals surface area contributed by atoms with Crippen LogP contribution in [0.3, 0.4) is 0 Å². The van der Waals surface area contributed by atoms with E-state index >= 15 is 0 Å². The van der Waals surface area contributed by atoms with E-state index in [4.69, 9.17) is 24.4 Å². The zero-order chi connectivity index (χ0) is 27.8. The van der Waals surface area contributed by atoms with E-state index in [-0.39, 0.29) is 24.8 Å². The molecule has 0 bridgehead atoms. The number of nitrogens with zero attached hydrogens (tertiary/aromatic N) is 2. The molecular formula is C27H34N4O8. The van der Waals surface area contributed by atoms with Crippen molar-refractivity contribution in [1.82, 2.24) is 15.5 Å². The van der Waals surface area contributed by atoms with Crippen LogP contribution in [0.15, 0.2) is 52.9 Å². The molecule has 0 radical (unpaired) electrons. The second-order valence-corrected chi connectivity index (χ2v) is 9.17. The molecule has 5 atom stereocenters. The molecule has 0 spiro atoms. The third-order valence-electron chi connectivity index (χ3n) is 6.44. The predicted octanol–water partition coefficient (Wildman–Crippen LogP) is 0.207. The molecule has 2 aromatic carbocycles. The van der Waals surface area contributed by atoms with Gasteiger partial charge in [0.2, 0.25) is 17.7 Å². The normalized spacial score (nSPS) is 23.1. The van der Waals surface area contributed by atoms with Gasteiger partial charge in [0.05, 0.1) is 38.6 Å². The summed E-state index contributed by atoms with van der Waals surface area (Å²) in [6.07, 6.45) is -4.13. The van der Waals surface area contributed by atoms with Crippen LogP contribution in [0.5, 0.6) is 0 Å². The van der Waals surface area contributed by atoms with Crippen molar-refractivity contribution in [3.8, 4) is 22.6 Å². The lowest BCUT2D eigenvalue weighted by Crippen LogP contribution is -2.59. The largest absolute Gasteiger partial charge is 0.420 e. The van der Waals surface area contributed by atoms with Crippen molar-refractivity contribution in [3.63, 3.8) is 0 Å². The van der Waals surface area contributed by atoms with Gasteiger partial charge >= 0.3 is 0 Å². The highest BCUT2D eigenvalue weighted by Crippen LogP contribution is 2.34. The summed E-state index contributed by atoms with van der Waals surface area (Å²) in [5, 5.41) is 41.2. The maximum absolute atomic E-state index is 12.1. The summed E-state index contributed by atoms with van der Waals surface area (Å²) in [4.78, 5) is 12.1. The van der Waals surface area contributed by atoms with Crippen LogP contribution in [0.2, 0.25) is 0 Å². The smallest absolute Gasteiger partial charge is 0.247 e. The molecule has 4 rings (SSSR count). The Balaban J connectivity index is 1.37. The summed E-state index contributed by atoms with van der Waals surface area (Å²) in [6.45, 7) is 1.35. The first-order valence-corrected chi connectivity index (χ1v) is 12.7. The van der Waals surface area contributed by atoms with Crippen molar-refractivity contribution < 1.29 is 38.7 Å². The number of hydrogen-bond donors (Lipinski definition) is 5. The summed E-state index contributed by atoms with van der Waals surface area (Å²) >= 11 is 0. The number of carbonyl (C=O) groups excluding carboxylic acids is 1. The average Bonchev–Trinajstić information content (AvgIpc) is 3.42. The minimum Gasteiger partial charge on any atom is -0.420 e. The Morgan fingerprint density at radius 3 is 2.54 bits per heavy atom. The van der Waals surface area contributed by atoms with Crippen molar-refractivity contribution in [2.24, 2.45) is 5.73 Å². The third kappa shape index (κ3) is 7.25. The fourth-order valence-corrected chi connectivity index (χ4v) is 4.28. The number of benzene rings is 2. The maximum atomic E-state index is 12.1. The number of aliphatic hydroxyl groups is 3. The van der Waals surface area contributed by atoms with Crippen LogP contribution < -0.4 is 11.1 Å². The average molecular weight is 543 g/mol. The topological polar surface area (TPSA) is 182 Å². The van der Waals surface area contributed by atoms with Gasteiger partial charge in [0, 0.05) is 19.2 Å². The first-order chi connectivity index (χ1) is 18.9. The van der Waals surface area contributed by atoms with Crippen LogP contribution in [0.25, 0.3) is 22.6 Å². The molecule has 1 aliphatic heterocycles. The van der Waals surface area contributed by atoms with Gasteiger partial charge in [-0.2, -0.15) is 0 Å². The van der Waals surface area contributed by atoms with Crippen LogP contribution in [-0.2, 0) is 25.4 Å². The van der Waals surface area contributed by atoms with E-state index in [1.165, 1.54) is 0 Å². The molecular weight excluding hydrogens is 508 g/mol. The van der Waals surface area contributed by atoms with Gasteiger partial charge in [-0.05, 0) is 34.9 Å². The van der Waals surface area contributed by atoms with E-state index in [2.05, 4.69) is 15.5 Å². The number of nitrogens with one attached hydrogen (secondary N) is 1. The Bertz CT molecular complexity index is 1200. The summed E-state index contributed by atoms with van der Waals surface area (Å²) in [5.74, 6) is 0.247. The minimum absolute atomic E-state index is 0.0399. The Morgan fingerprint density at radius 2 is 1.79 bits per heavy atom. The molecule has 1 saturated heterocycles. The lowest BCUT2D eigenvalue weighted by molar-refractivity contribution is -0.189. The maximum Gasteiger partial charge on any atom is 0.247 e. The van der Waals surface area contributed by atoms with Crippen LogP contribution in [-0.4, -0.2) is 95.9 Å². The fraction of sp³-hybridized carbons (Fsp3) is 0.444. The van der Waals surface area contributed by atoms with Gasteiger partial charge < -0.3 is 45.0 Å². The monoisotopic (exact) mass is 542 g/mol. The number of amides is 1. The molecule has 39 heavy (non-hydrogen) atoms.